The van der Waals surface area contributed by atoms with Gasteiger partial charge in [-0.2, -0.15) is 5.10 Å². The first kappa shape index (κ1) is 13.7. The molecule has 0 unspecified atom stereocenters. The third-order valence-electron chi connectivity index (χ3n) is 1.84. The molecule has 0 bridgehead atoms. The van der Waals surface area contributed by atoms with E-state index in [-0.39, 0.29) is 5.91 Å². The average molecular weight is 355 g/mol. The van der Waals surface area contributed by atoms with Gasteiger partial charge in [0, 0.05) is 19.8 Å². The van der Waals surface area contributed by atoms with Crippen molar-refractivity contribution in [3.05, 3.63) is 14.8 Å². The van der Waals surface area contributed by atoms with Crippen molar-refractivity contribution < 1.29 is 9.53 Å². The maximum Gasteiger partial charge on any atom is 0.273 e. The van der Waals surface area contributed by atoms with Crippen LogP contribution in [0.4, 0.5) is 0 Å². The lowest BCUT2D eigenvalue weighted by Gasteiger charge is -2.03. The zero-order valence-corrected chi connectivity index (χ0v) is 12.0. The third kappa shape index (κ3) is 3.88. The number of halogens is 2. The molecule has 0 spiro atoms. The first-order valence-corrected chi connectivity index (χ1v) is 6.50. The van der Waals surface area contributed by atoms with Gasteiger partial charge in [-0.15, -0.1) is 0 Å². The third-order valence-corrected chi connectivity index (χ3v) is 3.71. The predicted octanol–water partition coefficient (Wildman–Crippen LogP) is 2.09. The summed E-state index contributed by atoms with van der Waals surface area (Å²) < 4.78 is 6.45. The second-order valence-electron chi connectivity index (χ2n) is 3.01. The van der Waals surface area contributed by atoms with E-state index in [4.69, 9.17) is 4.74 Å². The van der Waals surface area contributed by atoms with Gasteiger partial charge >= 0.3 is 0 Å². The highest BCUT2D eigenvalue weighted by Crippen LogP contribution is 2.23. The van der Waals surface area contributed by atoms with Crippen LogP contribution >= 0.6 is 31.9 Å². The summed E-state index contributed by atoms with van der Waals surface area (Å²) in [4.78, 5) is 11.6. The molecule has 0 saturated carbocycles. The van der Waals surface area contributed by atoms with E-state index in [1.54, 1.807) is 0 Å². The Kier molecular flexibility index (Phi) is 6.00. The number of carbonyl (C=O) groups is 1. The number of aromatic amines is 1. The highest BCUT2D eigenvalue weighted by atomic mass is 79.9. The van der Waals surface area contributed by atoms with Crippen LogP contribution in [0.3, 0.4) is 0 Å². The van der Waals surface area contributed by atoms with Crippen LogP contribution in [-0.2, 0) is 4.74 Å². The fourth-order valence-electron chi connectivity index (χ4n) is 1.06. The van der Waals surface area contributed by atoms with Crippen LogP contribution in [0.5, 0.6) is 0 Å². The van der Waals surface area contributed by atoms with Crippen LogP contribution in [-0.4, -0.2) is 35.9 Å². The molecule has 1 amide bonds. The first-order valence-electron chi connectivity index (χ1n) is 4.92. The molecule has 2 N–H and O–H groups in total. The molecule has 16 heavy (non-hydrogen) atoms. The Bertz CT molecular complexity index is 355. The Morgan fingerprint density at radius 3 is 2.88 bits per heavy atom. The minimum Gasteiger partial charge on any atom is -0.382 e. The van der Waals surface area contributed by atoms with Crippen molar-refractivity contribution in [3.63, 3.8) is 0 Å². The van der Waals surface area contributed by atoms with E-state index < -0.39 is 0 Å². The molecule has 0 saturated heterocycles. The quantitative estimate of drug-likeness (QED) is 0.768. The molecular formula is C9H13Br2N3O2. The second-order valence-corrected chi connectivity index (χ2v) is 4.59. The van der Waals surface area contributed by atoms with Crippen LogP contribution in [0, 0.1) is 0 Å². The van der Waals surface area contributed by atoms with E-state index in [9.17, 15) is 4.79 Å². The van der Waals surface area contributed by atoms with E-state index in [2.05, 4.69) is 47.4 Å². The maximum absolute atomic E-state index is 11.6. The monoisotopic (exact) mass is 353 g/mol. The number of hydrogen-bond donors (Lipinski definition) is 2. The molecule has 0 aliphatic carbocycles. The molecular weight excluding hydrogens is 342 g/mol. The van der Waals surface area contributed by atoms with Crippen molar-refractivity contribution in [2.45, 2.75) is 13.3 Å². The van der Waals surface area contributed by atoms with Gasteiger partial charge in [-0.3, -0.25) is 9.89 Å². The fraction of sp³-hybridized carbons (Fsp3) is 0.556. The normalized spacial score (nSPS) is 10.4. The number of hydrogen-bond acceptors (Lipinski definition) is 3. The van der Waals surface area contributed by atoms with Gasteiger partial charge < -0.3 is 10.1 Å². The Morgan fingerprint density at radius 1 is 1.56 bits per heavy atom. The molecule has 1 aromatic heterocycles. The minimum absolute atomic E-state index is 0.203. The molecule has 1 rings (SSSR count). The molecule has 7 heteroatoms. The van der Waals surface area contributed by atoms with Gasteiger partial charge in [0.25, 0.3) is 5.91 Å². The van der Waals surface area contributed by atoms with Crippen LogP contribution in [0.2, 0.25) is 0 Å². The van der Waals surface area contributed by atoms with Gasteiger partial charge in [-0.1, -0.05) is 0 Å². The lowest BCUT2D eigenvalue weighted by atomic mass is 10.4. The second kappa shape index (κ2) is 7.03. The molecule has 90 valence electrons. The molecule has 0 radical (unpaired) electrons. The predicted molar refractivity (Wildman–Crippen MR) is 67.4 cm³/mol. The SMILES string of the molecule is CCOCCCNC(=O)c1n[nH]c(Br)c1Br. The smallest absolute Gasteiger partial charge is 0.273 e. The van der Waals surface area contributed by atoms with Crippen molar-refractivity contribution in [1.82, 2.24) is 15.5 Å². The number of nitrogens with one attached hydrogen (secondary N) is 2. The highest BCUT2D eigenvalue weighted by molar-refractivity contribution is 9.13. The van der Waals surface area contributed by atoms with Gasteiger partial charge in [0.1, 0.15) is 4.60 Å². The zero-order valence-electron chi connectivity index (χ0n) is 8.85. The summed E-state index contributed by atoms with van der Waals surface area (Å²) in [6, 6.07) is 0. The molecule has 5 nitrogen and oxygen atoms in total. The zero-order chi connectivity index (χ0) is 12.0. The van der Waals surface area contributed by atoms with Gasteiger partial charge in [0.15, 0.2) is 5.69 Å². The molecule has 0 aliphatic rings. The highest BCUT2D eigenvalue weighted by Gasteiger charge is 2.15. The van der Waals surface area contributed by atoms with E-state index in [0.29, 0.717) is 34.5 Å². The summed E-state index contributed by atoms with van der Waals surface area (Å²) in [5.41, 5.74) is 0.350. The summed E-state index contributed by atoms with van der Waals surface area (Å²) in [6.07, 6.45) is 0.794. The van der Waals surface area contributed by atoms with Gasteiger partial charge in [0.05, 0.1) is 4.47 Å². The first-order chi connectivity index (χ1) is 7.66. The van der Waals surface area contributed by atoms with Gasteiger partial charge in [-0.25, -0.2) is 0 Å². The van der Waals surface area contributed by atoms with Crippen LogP contribution in [0.1, 0.15) is 23.8 Å². The largest absolute Gasteiger partial charge is 0.382 e. The average Bonchev–Trinajstić information content (AvgIpc) is 2.59. The van der Waals surface area contributed by atoms with Crippen molar-refractivity contribution in [3.8, 4) is 0 Å². The summed E-state index contributed by atoms with van der Waals surface area (Å²) in [5, 5.41) is 9.29. The number of rotatable bonds is 6. The lowest BCUT2D eigenvalue weighted by molar-refractivity contribution is 0.0938. The summed E-state index contributed by atoms with van der Waals surface area (Å²) in [6.45, 7) is 3.88. The maximum atomic E-state index is 11.6. The minimum atomic E-state index is -0.203. The molecule has 0 aromatic carbocycles. The van der Waals surface area contributed by atoms with Gasteiger partial charge in [-0.05, 0) is 45.2 Å². The number of carbonyl (C=O) groups excluding carboxylic acids is 1. The van der Waals surface area contributed by atoms with Crippen LogP contribution in [0.25, 0.3) is 0 Å². The Balaban J connectivity index is 2.33. The van der Waals surface area contributed by atoms with Crippen molar-refractivity contribution >= 4 is 37.8 Å². The summed E-state index contributed by atoms with van der Waals surface area (Å²) in [7, 11) is 0. The summed E-state index contributed by atoms with van der Waals surface area (Å²) >= 11 is 6.48. The van der Waals surface area contributed by atoms with Crippen molar-refractivity contribution in [2.24, 2.45) is 0 Å². The van der Waals surface area contributed by atoms with Crippen LogP contribution in [0.15, 0.2) is 9.08 Å². The number of nitrogens with zero attached hydrogens (tertiary/aromatic N) is 1. The van der Waals surface area contributed by atoms with E-state index >= 15 is 0 Å². The topological polar surface area (TPSA) is 67.0 Å². The Morgan fingerprint density at radius 2 is 2.31 bits per heavy atom. The number of ether oxygens (including phenoxy) is 1. The van der Waals surface area contributed by atoms with Crippen LogP contribution < -0.4 is 5.32 Å². The number of amides is 1. The Hall–Kier alpha value is -0.400. The summed E-state index contributed by atoms with van der Waals surface area (Å²) in [5.74, 6) is -0.203. The van der Waals surface area contributed by atoms with E-state index in [1.165, 1.54) is 0 Å². The van der Waals surface area contributed by atoms with Crippen molar-refractivity contribution in [2.75, 3.05) is 19.8 Å². The molecule has 0 aliphatic heterocycles. The van der Waals surface area contributed by atoms with Crippen molar-refractivity contribution in [1.29, 1.82) is 0 Å². The standard InChI is InChI=1S/C9H13Br2N3O2/c1-2-16-5-3-4-12-9(15)7-6(10)8(11)14-13-7/h2-5H2,1H3,(H,12,15)(H,13,14). The van der Waals surface area contributed by atoms with E-state index in [0.717, 1.165) is 6.42 Å². The molecule has 0 fully saturated rings. The molecule has 0 atom stereocenters. The molecule has 1 heterocycles. The van der Waals surface area contributed by atoms with E-state index in [1.807, 2.05) is 6.92 Å². The number of H-pyrrole nitrogens is 1. The molecule has 1 aromatic rings. The van der Waals surface area contributed by atoms with Gasteiger partial charge in [0.2, 0.25) is 0 Å². The lowest BCUT2D eigenvalue weighted by Crippen LogP contribution is -2.26. The fourth-order valence-corrected chi connectivity index (χ4v) is 1.70. The number of aromatic nitrogens is 2. The Labute approximate surface area is 111 Å².